The van der Waals surface area contributed by atoms with Gasteiger partial charge >= 0.3 is 5.97 Å². The van der Waals surface area contributed by atoms with Gasteiger partial charge in [0.1, 0.15) is 6.04 Å². The first-order valence-corrected chi connectivity index (χ1v) is 7.48. The molecular formula is C15H28N2O4. The SMILES string of the molecule is CCC(C)C(C)C(=O)NCC(=O)N[C@@H](CC(C)C)C(=O)O. The van der Waals surface area contributed by atoms with Crippen molar-refractivity contribution in [2.75, 3.05) is 6.54 Å². The number of rotatable bonds is 9. The Bertz CT molecular complexity index is 369. The van der Waals surface area contributed by atoms with E-state index in [1.54, 1.807) is 0 Å². The molecule has 0 aliphatic heterocycles. The summed E-state index contributed by atoms with van der Waals surface area (Å²) >= 11 is 0. The Morgan fingerprint density at radius 1 is 1.10 bits per heavy atom. The Morgan fingerprint density at radius 3 is 2.10 bits per heavy atom. The molecule has 0 radical (unpaired) electrons. The molecular weight excluding hydrogens is 272 g/mol. The van der Waals surface area contributed by atoms with Crippen molar-refractivity contribution in [3.8, 4) is 0 Å². The molecule has 0 fully saturated rings. The molecule has 0 aromatic carbocycles. The van der Waals surface area contributed by atoms with Crippen LogP contribution in [0.15, 0.2) is 0 Å². The van der Waals surface area contributed by atoms with Gasteiger partial charge < -0.3 is 15.7 Å². The van der Waals surface area contributed by atoms with Crippen molar-refractivity contribution in [1.82, 2.24) is 10.6 Å². The number of carboxylic acids is 1. The summed E-state index contributed by atoms with van der Waals surface area (Å²) in [5.41, 5.74) is 0. The summed E-state index contributed by atoms with van der Waals surface area (Å²) in [7, 11) is 0. The lowest BCUT2D eigenvalue weighted by Crippen LogP contribution is -2.47. The second-order valence-electron chi connectivity index (χ2n) is 5.98. The van der Waals surface area contributed by atoms with Crippen LogP contribution in [0.4, 0.5) is 0 Å². The number of hydrogen-bond acceptors (Lipinski definition) is 3. The van der Waals surface area contributed by atoms with Crippen LogP contribution in [0.5, 0.6) is 0 Å². The molecule has 2 amide bonds. The molecule has 0 spiro atoms. The molecule has 21 heavy (non-hydrogen) atoms. The van der Waals surface area contributed by atoms with Gasteiger partial charge in [0.25, 0.3) is 0 Å². The monoisotopic (exact) mass is 300 g/mol. The zero-order chi connectivity index (χ0) is 16.6. The lowest BCUT2D eigenvalue weighted by atomic mass is 9.93. The topological polar surface area (TPSA) is 95.5 Å². The first-order valence-electron chi connectivity index (χ1n) is 7.48. The maximum Gasteiger partial charge on any atom is 0.326 e. The minimum absolute atomic E-state index is 0.159. The van der Waals surface area contributed by atoms with Gasteiger partial charge in [0.15, 0.2) is 0 Å². The summed E-state index contributed by atoms with van der Waals surface area (Å²) in [6.45, 7) is 9.38. The van der Waals surface area contributed by atoms with Crippen molar-refractivity contribution >= 4 is 17.8 Å². The highest BCUT2D eigenvalue weighted by Crippen LogP contribution is 2.14. The average molecular weight is 300 g/mol. The van der Waals surface area contributed by atoms with Gasteiger partial charge in [0.05, 0.1) is 6.54 Å². The van der Waals surface area contributed by atoms with E-state index in [1.165, 1.54) is 0 Å². The third-order valence-corrected chi connectivity index (χ3v) is 3.67. The molecule has 3 atom stereocenters. The third kappa shape index (κ3) is 7.68. The van der Waals surface area contributed by atoms with Crippen molar-refractivity contribution in [2.24, 2.45) is 17.8 Å². The molecule has 0 aliphatic rings. The number of carbonyl (C=O) groups excluding carboxylic acids is 2. The van der Waals surface area contributed by atoms with E-state index in [9.17, 15) is 14.4 Å². The highest BCUT2D eigenvalue weighted by atomic mass is 16.4. The second kappa shape index (κ2) is 9.37. The van der Waals surface area contributed by atoms with E-state index in [4.69, 9.17) is 5.11 Å². The van der Waals surface area contributed by atoms with Crippen LogP contribution in [0, 0.1) is 17.8 Å². The first-order chi connectivity index (χ1) is 9.68. The van der Waals surface area contributed by atoms with Crippen LogP contribution in [-0.2, 0) is 14.4 Å². The van der Waals surface area contributed by atoms with E-state index in [0.717, 1.165) is 6.42 Å². The molecule has 0 rings (SSSR count). The summed E-state index contributed by atoms with van der Waals surface area (Å²) < 4.78 is 0. The van der Waals surface area contributed by atoms with E-state index in [0.29, 0.717) is 6.42 Å². The van der Waals surface area contributed by atoms with Gasteiger partial charge in [0, 0.05) is 5.92 Å². The first kappa shape index (κ1) is 19.4. The minimum Gasteiger partial charge on any atom is -0.480 e. The number of nitrogens with one attached hydrogen (secondary N) is 2. The van der Waals surface area contributed by atoms with Gasteiger partial charge in [-0.2, -0.15) is 0 Å². The molecule has 2 unspecified atom stereocenters. The standard InChI is InChI=1S/C15H28N2O4/c1-6-10(4)11(5)14(19)16-8-13(18)17-12(15(20)21)7-9(2)3/h9-12H,6-8H2,1-5H3,(H,16,19)(H,17,18)(H,20,21)/t10?,11?,12-/m0/s1. The Labute approximate surface area is 126 Å². The smallest absolute Gasteiger partial charge is 0.326 e. The zero-order valence-electron chi connectivity index (χ0n) is 13.6. The maximum atomic E-state index is 11.8. The van der Waals surface area contributed by atoms with Gasteiger partial charge in [-0.25, -0.2) is 4.79 Å². The number of hydrogen-bond donors (Lipinski definition) is 3. The molecule has 0 aromatic heterocycles. The predicted octanol–water partition coefficient (Wildman–Crippen LogP) is 1.40. The zero-order valence-corrected chi connectivity index (χ0v) is 13.6. The number of carboxylic acid groups (broad SMARTS) is 1. The molecule has 0 saturated heterocycles. The van der Waals surface area contributed by atoms with Crippen LogP contribution < -0.4 is 10.6 Å². The summed E-state index contributed by atoms with van der Waals surface area (Å²) in [4.78, 5) is 34.6. The lowest BCUT2D eigenvalue weighted by Gasteiger charge is -2.19. The summed E-state index contributed by atoms with van der Waals surface area (Å²) in [6.07, 6.45) is 1.24. The van der Waals surface area contributed by atoms with E-state index in [1.807, 2.05) is 34.6 Å². The third-order valence-electron chi connectivity index (χ3n) is 3.67. The van der Waals surface area contributed by atoms with Crippen LogP contribution in [0.3, 0.4) is 0 Å². The van der Waals surface area contributed by atoms with Gasteiger partial charge in [-0.1, -0.05) is 41.0 Å². The molecule has 122 valence electrons. The van der Waals surface area contributed by atoms with Gasteiger partial charge in [0.2, 0.25) is 11.8 Å². The fourth-order valence-electron chi connectivity index (χ4n) is 1.88. The van der Waals surface area contributed by atoms with Crippen LogP contribution in [0.2, 0.25) is 0 Å². The Morgan fingerprint density at radius 2 is 1.67 bits per heavy atom. The van der Waals surface area contributed by atoms with E-state index >= 15 is 0 Å². The molecule has 0 aromatic rings. The molecule has 3 N–H and O–H groups in total. The highest BCUT2D eigenvalue weighted by Gasteiger charge is 2.22. The van der Waals surface area contributed by atoms with Crippen LogP contribution >= 0.6 is 0 Å². The summed E-state index contributed by atoms with van der Waals surface area (Å²) in [5.74, 6) is -1.50. The fourth-order valence-corrected chi connectivity index (χ4v) is 1.88. The molecule has 0 bridgehead atoms. The van der Waals surface area contributed by atoms with E-state index in [2.05, 4.69) is 10.6 Å². The summed E-state index contributed by atoms with van der Waals surface area (Å²) in [5, 5.41) is 14.0. The van der Waals surface area contributed by atoms with Crippen molar-refractivity contribution in [3.63, 3.8) is 0 Å². The number of carbonyl (C=O) groups is 3. The minimum atomic E-state index is -1.06. The van der Waals surface area contributed by atoms with Crippen LogP contribution in [-0.4, -0.2) is 35.5 Å². The van der Waals surface area contributed by atoms with E-state index < -0.39 is 17.9 Å². The quantitative estimate of drug-likeness (QED) is 0.600. The van der Waals surface area contributed by atoms with Crippen molar-refractivity contribution in [2.45, 2.75) is 53.5 Å². The van der Waals surface area contributed by atoms with Gasteiger partial charge in [-0.3, -0.25) is 9.59 Å². The largest absolute Gasteiger partial charge is 0.480 e. The van der Waals surface area contributed by atoms with Gasteiger partial charge in [-0.05, 0) is 18.3 Å². The number of amides is 2. The Kier molecular flexibility index (Phi) is 8.66. The maximum absolute atomic E-state index is 11.8. The van der Waals surface area contributed by atoms with Crippen molar-refractivity contribution in [3.05, 3.63) is 0 Å². The van der Waals surface area contributed by atoms with Gasteiger partial charge in [-0.15, -0.1) is 0 Å². The van der Waals surface area contributed by atoms with E-state index in [-0.39, 0.29) is 30.2 Å². The molecule has 0 heterocycles. The van der Waals surface area contributed by atoms with Crippen LogP contribution in [0.1, 0.15) is 47.5 Å². The molecule has 6 nitrogen and oxygen atoms in total. The molecule has 0 saturated carbocycles. The Hall–Kier alpha value is -1.59. The molecule has 0 aliphatic carbocycles. The average Bonchev–Trinajstić information content (AvgIpc) is 2.41. The van der Waals surface area contributed by atoms with Crippen molar-refractivity contribution in [1.29, 1.82) is 0 Å². The normalized spacial score (nSPS) is 15.1. The summed E-state index contributed by atoms with van der Waals surface area (Å²) in [6, 6.07) is -0.915. The predicted molar refractivity (Wildman–Crippen MR) is 80.7 cm³/mol. The number of aliphatic carboxylic acids is 1. The van der Waals surface area contributed by atoms with Crippen LogP contribution in [0.25, 0.3) is 0 Å². The highest BCUT2D eigenvalue weighted by molar-refractivity contribution is 5.88. The van der Waals surface area contributed by atoms with Crippen molar-refractivity contribution < 1.29 is 19.5 Å². The second-order valence-corrected chi connectivity index (χ2v) is 5.98. The fraction of sp³-hybridized carbons (Fsp3) is 0.800. The molecule has 6 heteroatoms. The lowest BCUT2D eigenvalue weighted by molar-refractivity contribution is -0.142. The Balaban J connectivity index is 4.30.